The molecule has 56 valence electrons. The van der Waals surface area contributed by atoms with E-state index in [4.69, 9.17) is 11.6 Å². The van der Waals surface area contributed by atoms with Crippen LogP contribution in [-0.4, -0.2) is 16.1 Å². The van der Waals surface area contributed by atoms with E-state index in [2.05, 4.69) is 27.5 Å². The summed E-state index contributed by atoms with van der Waals surface area (Å²) in [5, 5.41) is -3.14. The third-order valence-electron chi connectivity index (χ3n) is 0.620. The van der Waals surface area contributed by atoms with E-state index >= 15 is 0 Å². The molecule has 0 aromatic carbocycles. The molecule has 0 saturated heterocycles. The van der Waals surface area contributed by atoms with E-state index in [1.165, 1.54) is 0 Å². The predicted molar refractivity (Wildman–Crippen MR) is 38.9 cm³/mol. The van der Waals surface area contributed by atoms with Crippen LogP contribution in [0, 0.1) is 0 Å². The van der Waals surface area contributed by atoms with Gasteiger partial charge in [0.25, 0.3) is 0 Å². The van der Waals surface area contributed by atoms with Gasteiger partial charge in [-0.15, -0.1) is 11.6 Å². The smallest absolute Gasteiger partial charge is 0.188 e. The predicted octanol–water partition coefficient (Wildman–Crippen LogP) is 3.21. The largest absolute Gasteiger partial charge is 0.322 e. The Kier molecular flexibility index (Phi) is 4.34. The average molecular weight is 242 g/mol. The van der Waals surface area contributed by atoms with Gasteiger partial charge in [0.2, 0.25) is 0 Å². The van der Waals surface area contributed by atoms with Crippen LogP contribution in [0.2, 0.25) is 0 Å². The average Bonchev–Trinajstić information content (AvgIpc) is 1.62. The van der Waals surface area contributed by atoms with E-state index in [1.807, 2.05) is 0 Å². The summed E-state index contributed by atoms with van der Waals surface area (Å²) in [6.45, 7) is 0. The molecule has 0 aromatic heterocycles. The molecule has 0 aromatic rings. The number of hydrogen-bond donors (Lipinski definition) is 0. The Morgan fingerprint density at radius 1 is 1.56 bits per heavy atom. The van der Waals surface area contributed by atoms with Gasteiger partial charge in [0.1, 0.15) is 0 Å². The summed E-state index contributed by atoms with van der Waals surface area (Å²) in [6, 6.07) is 0. The van der Waals surface area contributed by atoms with Crippen LogP contribution in [-0.2, 0) is 0 Å². The highest BCUT2D eigenvalue weighted by Gasteiger charge is 2.27. The highest BCUT2D eigenvalue weighted by molar-refractivity contribution is 9.09. The van der Waals surface area contributed by atoms with Crippen molar-refractivity contribution >= 4 is 39.1 Å². The van der Waals surface area contributed by atoms with Gasteiger partial charge in [-0.2, -0.15) is 8.78 Å². The molecule has 0 aliphatic heterocycles. The molecule has 0 rings (SSSR count). The Morgan fingerprint density at radius 3 is 2.11 bits per heavy atom. The van der Waals surface area contributed by atoms with Crippen molar-refractivity contribution < 1.29 is 8.78 Å². The van der Waals surface area contributed by atoms with Crippen molar-refractivity contribution in [2.45, 2.75) is 16.6 Å². The first-order chi connectivity index (χ1) is 3.95. The normalized spacial score (nSPS) is 15.7. The quantitative estimate of drug-likeness (QED) is 0.666. The van der Waals surface area contributed by atoms with Crippen molar-refractivity contribution in [3.63, 3.8) is 0 Å². The monoisotopic (exact) mass is 240 g/mol. The number of alkyl halides is 5. The molecule has 1 atom stereocenters. The van der Waals surface area contributed by atoms with Crippen molar-refractivity contribution in [2.75, 3.05) is 5.88 Å². The topological polar surface area (TPSA) is 0 Å². The Hall–Kier alpha value is 0.920. The van der Waals surface area contributed by atoms with Gasteiger partial charge >= 0.3 is 5.38 Å². The number of halogens is 5. The van der Waals surface area contributed by atoms with Crippen LogP contribution in [0.4, 0.5) is 8.78 Å². The molecule has 0 saturated carbocycles. The summed E-state index contributed by atoms with van der Waals surface area (Å²) in [7, 11) is 0. The second-order valence-electron chi connectivity index (χ2n) is 1.57. The maximum Gasteiger partial charge on any atom is 0.322 e. The van der Waals surface area contributed by atoms with Gasteiger partial charge in [0, 0.05) is 17.1 Å². The lowest BCUT2D eigenvalue weighted by molar-refractivity contribution is 0.0878. The maximum atomic E-state index is 11.8. The highest BCUT2D eigenvalue weighted by Crippen LogP contribution is 2.27. The molecular weight excluding hydrogens is 237 g/mol. The fourth-order valence-electron chi connectivity index (χ4n) is 0.306. The molecule has 0 spiro atoms. The maximum absolute atomic E-state index is 11.8. The van der Waals surface area contributed by atoms with Gasteiger partial charge in [-0.05, 0) is 11.6 Å². The van der Waals surface area contributed by atoms with E-state index in [-0.39, 0.29) is 5.88 Å². The van der Waals surface area contributed by atoms with Gasteiger partial charge in [0.15, 0.2) is 0 Å². The molecule has 0 bridgehead atoms. The molecule has 0 amide bonds. The fraction of sp³-hybridized carbons (Fsp3) is 1.00. The van der Waals surface area contributed by atoms with E-state index in [0.29, 0.717) is 0 Å². The molecule has 0 radical (unpaired) electrons. The molecule has 0 aliphatic carbocycles. The molecule has 0 N–H and O–H groups in total. The number of rotatable bonds is 3. The van der Waals surface area contributed by atoms with Crippen LogP contribution in [0.1, 0.15) is 6.42 Å². The highest BCUT2D eigenvalue weighted by atomic mass is 79.9. The Labute approximate surface area is 70.6 Å². The van der Waals surface area contributed by atoms with Gasteiger partial charge in [-0.1, -0.05) is 15.9 Å². The third kappa shape index (κ3) is 6.81. The van der Waals surface area contributed by atoms with Crippen molar-refractivity contribution in [3.05, 3.63) is 0 Å². The molecule has 0 nitrogen and oxygen atoms in total. The SMILES string of the molecule is FC(F)(Cl)CC(Br)CCl. The van der Waals surface area contributed by atoms with E-state index in [1.54, 1.807) is 0 Å². The second-order valence-corrected chi connectivity index (χ2v) is 3.73. The zero-order valence-corrected chi connectivity index (χ0v) is 7.48. The van der Waals surface area contributed by atoms with Gasteiger partial charge in [0.05, 0.1) is 0 Å². The van der Waals surface area contributed by atoms with Crippen molar-refractivity contribution in [2.24, 2.45) is 0 Å². The number of hydrogen-bond acceptors (Lipinski definition) is 0. The summed E-state index contributed by atoms with van der Waals surface area (Å²) in [5.74, 6) is 0.141. The van der Waals surface area contributed by atoms with Gasteiger partial charge in [-0.3, -0.25) is 0 Å². The lowest BCUT2D eigenvalue weighted by Crippen LogP contribution is -2.14. The van der Waals surface area contributed by atoms with E-state index in [9.17, 15) is 8.78 Å². The zero-order chi connectivity index (χ0) is 7.49. The summed E-state index contributed by atoms with van der Waals surface area (Å²) < 4.78 is 23.7. The Bertz CT molecular complexity index is 83.1. The van der Waals surface area contributed by atoms with Crippen molar-refractivity contribution in [3.8, 4) is 0 Å². The van der Waals surface area contributed by atoms with Crippen LogP contribution in [0.5, 0.6) is 0 Å². The molecule has 9 heavy (non-hydrogen) atoms. The summed E-state index contributed by atoms with van der Waals surface area (Å²) in [6.07, 6.45) is -0.432. The van der Waals surface area contributed by atoms with E-state index in [0.717, 1.165) is 0 Å². The fourth-order valence-corrected chi connectivity index (χ4v) is 1.19. The summed E-state index contributed by atoms with van der Waals surface area (Å²) >= 11 is 12.7. The van der Waals surface area contributed by atoms with Gasteiger partial charge in [-0.25, -0.2) is 0 Å². The second kappa shape index (κ2) is 3.94. The standard InChI is InChI=1S/C4H5BrCl2F2/c5-3(2-6)1-4(7,8)9/h3H,1-2H2. The van der Waals surface area contributed by atoms with Crippen LogP contribution in [0.25, 0.3) is 0 Å². The van der Waals surface area contributed by atoms with Crippen LogP contribution in [0.15, 0.2) is 0 Å². The third-order valence-corrected chi connectivity index (χ3v) is 2.17. The molecule has 0 heterocycles. The molecular formula is C4H5BrCl2F2. The molecule has 0 aliphatic rings. The van der Waals surface area contributed by atoms with Crippen LogP contribution < -0.4 is 0 Å². The van der Waals surface area contributed by atoms with Crippen LogP contribution >= 0.6 is 39.1 Å². The minimum Gasteiger partial charge on any atom is -0.188 e. The first kappa shape index (κ1) is 9.92. The molecule has 0 fully saturated rings. The molecule has 1 unspecified atom stereocenters. The Morgan fingerprint density at radius 2 is 2.00 bits per heavy atom. The summed E-state index contributed by atoms with van der Waals surface area (Å²) in [5.41, 5.74) is 0. The van der Waals surface area contributed by atoms with Crippen molar-refractivity contribution in [1.82, 2.24) is 0 Å². The first-order valence-corrected chi connectivity index (χ1v) is 4.05. The van der Waals surface area contributed by atoms with Crippen molar-refractivity contribution in [1.29, 1.82) is 0 Å². The van der Waals surface area contributed by atoms with Crippen LogP contribution in [0.3, 0.4) is 0 Å². The summed E-state index contributed by atoms with van der Waals surface area (Å²) in [4.78, 5) is -0.410. The lowest BCUT2D eigenvalue weighted by Gasteiger charge is -2.09. The van der Waals surface area contributed by atoms with E-state index < -0.39 is 16.6 Å². The zero-order valence-electron chi connectivity index (χ0n) is 4.38. The minimum absolute atomic E-state index is 0.141. The Balaban J connectivity index is 3.47. The first-order valence-electron chi connectivity index (χ1n) is 2.22. The molecule has 5 heteroatoms. The lowest BCUT2D eigenvalue weighted by atomic mass is 10.3. The minimum atomic E-state index is -3.14. The van der Waals surface area contributed by atoms with Gasteiger partial charge < -0.3 is 0 Å².